The maximum atomic E-state index is 11.0. The molecule has 0 radical (unpaired) electrons. The van der Waals surface area contributed by atoms with Crippen LogP contribution in [0.25, 0.3) is 0 Å². The fourth-order valence-corrected chi connectivity index (χ4v) is 1.81. The van der Waals surface area contributed by atoms with Gasteiger partial charge in [-0.2, -0.15) is 5.26 Å². The lowest BCUT2D eigenvalue weighted by Gasteiger charge is -2.07. The van der Waals surface area contributed by atoms with Crippen LogP contribution in [-0.4, -0.2) is 4.92 Å². The fraction of sp³-hybridized carbons (Fsp3) is 0. The first-order valence-corrected chi connectivity index (χ1v) is 6.08. The van der Waals surface area contributed by atoms with Crippen LogP contribution in [0.3, 0.4) is 0 Å². The highest BCUT2D eigenvalue weighted by Gasteiger charge is 2.19. The SMILES string of the molecule is N#Cc1cccc(Oc2cc(Cl)c(Cl)cc2[N+](=O)[O-])c1. The smallest absolute Gasteiger partial charge is 0.313 e. The van der Waals surface area contributed by atoms with Gasteiger partial charge in [-0.15, -0.1) is 0 Å². The van der Waals surface area contributed by atoms with Gasteiger partial charge in [0.15, 0.2) is 0 Å². The van der Waals surface area contributed by atoms with Crippen molar-refractivity contribution in [2.45, 2.75) is 0 Å². The van der Waals surface area contributed by atoms with E-state index in [0.717, 1.165) is 6.07 Å². The first-order chi connectivity index (χ1) is 9.51. The molecule has 0 spiro atoms. The standard InChI is InChI=1S/C13H6Cl2N2O3/c14-10-5-12(17(18)19)13(6-11(10)15)20-9-3-1-2-8(4-9)7-16/h1-6H. The molecule has 2 aromatic rings. The van der Waals surface area contributed by atoms with Crippen LogP contribution in [0.5, 0.6) is 11.5 Å². The molecule has 0 unspecified atom stereocenters. The van der Waals surface area contributed by atoms with Crippen LogP contribution in [0.4, 0.5) is 5.69 Å². The summed E-state index contributed by atoms with van der Waals surface area (Å²) in [5.41, 5.74) is 0.0759. The second-order valence-electron chi connectivity index (χ2n) is 3.73. The topological polar surface area (TPSA) is 76.2 Å². The van der Waals surface area contributed by atoms with Crippen molar-refractivity contribution in [1.82, 2.24) is 0 Å². The van der Waals surface area contributed by atoms with E-state index < -0.39 is 4.92 Å². The van der Waals surface area contributed by atoms with Crippen LogP contribution in [0, 0.1) is 21.4 Å². The Kier molecular flexibility index (Phi) is 4.08. The molecule has 20 heavy (non-hydrogen) atoms. The molecule has 0 bridgehead atoms. The summed E-state index contributed by atoms with van der Waals surface area (Å²) in [5.74, 6) is 0.255. The average molecular weight is 309 g/mol. The third kappa shape index (κ3) is 2.99. The van der Waals surface area contributed by atoms with Gasteiger partial charge in [0.05, 0.1) is 26.6 Å². The Morgan fingerprint density at radius 3 is 2.55 bits per heavy atom. The summed E-state index contributed by atoms with van der Waals surface area (Å²) < 4.78 is 5.41. The molecule has 100 valence electrons. The van der Waals surface area contributed by atoms with E-state index >= 15 is 0 Å². The van der Waals surface area contributed by atoms with Crippen molar-refractivity contribution in [3.63, 3.8) is 0 Å². The third-order valence-corrected chi connectivity index (χ3v) is 3.11. The summed E-state index contributed by atoms with van der Waals surface area (Å²) in [6.07, 6.45) is 0. The Morgan fingerprint density at radius 1 is 1.20 bits per heavy atom. The van der Waals surface area contributed by atoms with Gasteiger partial charge >= 0.3 is 5.69 Å². The molecule has 0 saturated heterocycles. The van der Waals surface area contributed by atoms with Crippen molar-refractivity contribution in [1.29, 1.82) is 5.26 Å². The van der Waals surface area contributed by atoms with E-state index in [-0.39, 0.29) is 21.5 Å². The molecular formula is C13H6Cl2N2O3. The van der Waals surface area contributed by atoms with Crippen molar-refractivity contribution in [2.24, 2.45) is 0 Å². The summed E-state index contributed by atoms with van der Waals surface area (Å²) >= 11 is 11.6. The maximum Gasteiger partial charge on any atom is 0.313 e. The highest BCUT2D eigenvalue weighted by molar-refractivity contribution is 6.42. The van der Waals surface area contributed by atoms with E-state index in [1.165, 1.54) is 12.1 Å². The van der Waals surface area contributed by atoms with Crippen LogP contribution in [0.2, 0.25) is 10.0 Å². The number of nitro groups is 1. The van der Waals surface area contributed by atoms with E-state index in [9.17, 15) is 10.1 Å². The number of ether oxygens (including phenoxy) is 1. The van der Waals surface area contributed by atoms with Gasteiger partial charge in [0.1, 0.15) is 5.75 Å². The van der Waals surface area contributed by atoms with Gasteiger partial charge in [0.25, 0.3) is 0 Å². The Bertz CT molecular complexity index is 726. The van der Waals surface area contributed by atoms with Gasteiger partial charge in [-0.3, -0.25) is 10.1 Å². The van der Waals surface area contributed by atoms with Gasteiger partial charge in [-0.05, 0) is 18.2 Å². The molecule has 2 rings (SSSR count). The summed E-state index contributed by atoms with van der Waals surface area (Å²) in [4.78, 5) is 10.4. The zero-order valence-electron chi connectivity index (χ0n) is 9.84. The number of nitro benzene ring substituents is 1. The number of hydrogen-bond donors (Lipinski definition) is 0. The first-order valence-electron chi connectivity index (χ1n) is 5.32. The normalized spacial score (nSPS) is 9.85. The van der Waals surface area contributed by atoms with E-state index in [4.69, 9.17) is 33.2 Å². The second kappa shape index (κ2) is 5.78. The molecule has 0 N–H and O–H groups in total. The molecule has 0 fully saturated rings. The highest BCUT2D eigenvalue weighted by Crippen LogP contribution is 2.38. The summed E-state index contributed by atoms with van der Waals surface area (Å²) in [7, 11) is 0. The number of halogens is 2. The molecule has 0 aliphatic rings. The number of benzene rings is 2. The number of nitrogens with zero attached hydrogens (tertiary/aromatic N) is 2. The predicted molar refractivity (Wildman–Crippen MR) is 74.3 cm³/mol. The molecule has 0 aliphatic carbocycles. The fourth-order valence-electron chi connectivity index (χ4n) is 1.50. The molecule has 0 saturated carbocycles. The Morgan fingerprint density at radius 2 is 1.90 bits per heavy atom. The van der Waals surface area contributed by atoms with Gasteiger partial charge in [0.2, 0.25) is 5.75 Å². The molecule has 7 heteroatoms. The lowest BCUT2D eigenvalue weighted by atomic mass is 10.2. The minimum atomic E-state index is -0.619. The van der Waals surface area contributed by atoms with Crippen molar-refractivity contribution in [2.75, 3.05) is 0 Å². The van der Waals surface area contributed by atoms with Crippen molar-refractivity contribution >= 4 is 28.9 Å². The van der Waals surface area contributed by atoms with E-state index in [1.54, 1.807) is 18.2 Å². The summed E-state index contributed by atoms with van der Waals surface area (Å²) in [6.45, 7) is 0. The lowest BCUT2D eigenvalue weighted by molar-refractivity contribution is -0.385. The van der Waals surface area contributed by atoms with Gasteiger partial charge in [-0.1, -0.05) is 29.3 Å². The molecule has 5 nitrogen and oxygen atoms in total. The summed E-state index contributed by atoms with van der Waals surface area (Å²) in [5, 5.41) is 20.0. The van der Waals surface area contributed by atoms with Gasteiger partial charge in [-0.25, -0.2) is 0 Å². The first kappa shape index (κ1) is 14.1. The monoisotopic (exact) mass is 308 g/mol. The molecule has 0 amide bonds. The number of nitriles is 1. The average Bonchev–Trinajstić information content (AvgIpc) is 2.42. The zero-order chi connectivity index (χ0) is 14.7. The van der Waals surface area contributed by atoms with Crippen LogP contribution in [0.1, 0.15) is 5.56 Å². The van der Waals surface area contributed by atoms with Crippen LogP contribution >= 0.6 is 23.2 Å². The van der Waals surface area contributed by atoms with Crippen molar-refractivity contribution < 1.29 is 9.66 Å². The Hall–Kier alpha value is -2.29. The van der Waals surface area contributed by atoms with E-state index in [0.29, 0.717) is 11.3 Å². The molecule has 0 atom stereocenters. The van der Waals surface area contributed by atoms with E-state index in [2.05, 4.69) is 0 Å². The molecule has 0 aromatic heterocycles. The second-order valence-corrected chi connectivity index (χ2v) is 4.55. The maximum absolute atomic E-state index is 11.0. The highest BCUT2D eigenvalue weighted by atomic mass is 35.5. The minimum absolute atomic E-state index is 0.0421. The Balaban J connectivity index is 2.45. The Labute approximate surface area is 124 Å². The van der Waals surface area contributed by atoms with E-state index in [1.807, 2.05) is 6.07 Å². The van der Waals surface area contributed by atoms with Crippen molar-refractivity contribution in [3.8, 4) is 17.6 Å². The van der Waals surface area contributed by atoms with Gasteiger partial charge < -0.3 is 4.74 Å². The lowest BCUT2D eigenvalue weighted by Crippen LogP contribution is -1.94. The van der Waals surface area contributed by atoms with Crippen LogP contribution in [-0.2, 0) is 0 Å². The quantitative estimate of drug-likeness (QED) is 0.615. The molecule has 0 aliphatic heterocycles. The predicted octanol–water partition coefficient (Wildman–Crippen LogP) is 4.57. The largest absolute Gasteiger partial charge is 0.450 e. The molecular weight excluding hydrogens is 303 g/mol. The van der Waals surface area contributed by atoms with Crippen molar-refractivity contribution in [3.05, 3.63) is 62.1 Å². The zero-order valence-corrected chi connectivity index (χ0v) is 11.4. The summed E-state index contributed by atoms with van der Waals surface area (Å²) in [6, 6.07) is 10.6. The van der Waals surface area contributed by atoms with Gasteiger partial charge in [0, 0.05) is 12.1 Å². The number of hydrogen-bond acceptors (Lipinski definition) is 4. The van der Waals surface area contributed by atoms with Crippen LogP contribution < -0.4 is 4.74 Å². The molecule has 2 aromatic carbocycles. The van der Waals surface area contributed by atoms with Crippen LogP contribution in [0.15, 0.2) is 36.4 Å². The molecule has 0 heterocycles. The number of rotatable bonds is 3. The minimum Gasteiger partial charge on any atom is -0.450 e. The third-order valence-electron chi connectivity index (χ3n) is 2.39.